The second-order valence-corrected chi connectivity index (χ2v) is 2.80. The molecule has 68 valence electrons. The Hall–Kier alpha value is -0.160. The standard InChI is InChI=1S/C7H17NO3/c1-4(8-3)6(10)7(11)5(2)9/h4-11H,1-3H3. The predicted octanol–water partition coefficient (Wildman–Crippen LogP) is -1.30. The summed E-state index contributed by atoms with van der Waals surface area (Å²) in [7, 11) is 1.68. The van der Waals surface area contributed by atoms with Crippen molar-refractivity contribution < 1.29 is 15.3 Å². The van der Waals surface area contributed by atoms with Crippen molar-refractivity contribution in [1.82, 2.24) is 5.32 Å². The molecule has 0 saturated heterocycles. The molecule has 4 heteroatoms. The Morgan fingerprint density at radius 2 is 1.45 bits per heavy atom. The van der Waals surface area contributed by atoms with E-state index in [4.69, 9.17) is 10.2 Å². The third kappa shape index (κ3) is 3.16. The lowest BCUT2D eigenvalue weighted by atomic mass is 10.0. The van der Waals surface area contributed by atoms with Crippen LogP contribution in [0.3, 0.4) is 0 Å². The van der Waals surface area contributed by atoms with Crippen molar-refractivity contribution in [1.29, 1.82) is 0 Å². The second kappa shape index (κ2) is 4.66. The molecule has 0 saturated carbocycles. The van der Waals surface area contributed by atoms with E-state index in [1.54, 1.807) is 14.0 Å². The Kier molecular flexibility index (Phi) is 4.60. The lowest BCUT2D eigenvalue weighted by molar-refractivity contribution is -0.0622. The highest BCUT2D eigenvalue weighted by molar-refractivity contribution is 4.79. The molecule has 0 aliphatic carbocycles. The zero-order valence-electron chi connectivity index (χ0n) is 7.15. The first-order chi connectivity index (χ1) is 5.00. The molecule has 0 rings (SSSR count). The van der Waals surface area contributed by atoms with Crippen LogP contribution in [0.1, 0.15) is 13.8 Å². The summed E-state index contributed by atoms with van der Waals surface area (Å²) in [5, 5.41) is 30.1. The van der Waals surface area contributed by atoms with E-state index in [0.717, 1.165) is 0 Å². The minimum absolute atomic E-state index is 0.223. The Morgan fingerprint density at radius 1 is 1.00 bits per heavy atom. The van der Waals surface area contributed by atoms with E-state index in [1.165, 1.54) is 6.92 Å². The van der Waals surface area contributed by atoms with Crippen LogP contribution >= 0.6 is 0 Å². The first-order valence-corrected chi connectivity index (χ1v) is 3.72. The molecule has 0 aromatic carbocycles. The highest BCUT2D eigenvalue weighted by Crippen LogP contribution is 2.03. The highest BCUT2D eigenvalue weighted by atomic mass is 16.4. The van der Waals surface area contributed by atoms with Crippen LogP contribution in [0.15, 0.2) is 0 Å². The first-order valence-electron chi connectivity index (χ1n) is 3.72. The Bertz CT molecular complexity index is 108. The van der Waals surface area contributed by atoms with Gasteiger partial charge in [0.05, 0.1) is 12.2 Å². The Labute approximate surface area is 66.9 Å². The van der Waals surface area contributed by atoms with Crippen molar-refractivity contribution in [3.8, 4) is 0 Å². The largest absolute Gasteiger partial charge is 0.391 e. The molecule has 0 amide bonds. The number of rotatable bonds is 4. The number of likely N-dealkylation sites (N-methyl/N-ethyl adjacent to an activating group) is 1. The molecule has 4 unspecified atom stereocenters. The minimum atomic E-state index is -1.09. The van der Waals surface area contributed by atoms with Crippen LogP contribution in [0, 0.1) is 0 Å². The van der Waals surface area contributed by atoms with Gasteiger partial charge in [0.25, 0.3) is 0 Å². The van der Waals surface area contributed by atoms with E-state index in [1.807, 2.05) is 0 Å². The van der Waals surface area contributed by atoms with Gasteiger partial charge in [0, 0.05) is 6.04 Å². The molecule has 11 heavy (non-hydrogen) atoms. The fraction of sp³-hybridized carbons (Fsp3) is 1.00. The van der Waals surface area contributed by atoms with Gasteiger partial charge in [-0.25, -0.2) is 0 Å². The van der Waals surface area contributed by atoms with E-state index in [0.29, 0.717) is 0 Å². The Balaban J connectivity index is 3.90. The van der Waals surface area contributed by atoms with Gasteiger partial charge in [0.1, 0.15) is 6.10 Å². The molecule has 0 aliphatic rings. The fourth-order valence-electron chi connectivity index (χ4n) is 0.752. The third-order valence-electron chi connectivity index (χ3n) is 1.81. The van der Waals surface area contributed by atoms with E-state index in [9.17, 15) is 5.11 Å². The molecule has 0 aliphatic heterocycles. The number of nitrogens with one attached hydrogen (secondary N) is 1. The fourth-order valence-corrected chi connectivity index (χ4v) is 0.752. The van der Waals surface area contributed by atoms with E-state index < -0.39 is 18.3 Å². The van der Waals surface area contributed by atoms with Crippen molar-refractivity contribution in [2.24, 2.45) is 0 Å². The SMILES string of the molecule is CNC(C)C(O)C(O)C(C)O. The number of hydrogen-bond acceptors (Lipinski definition) is 4. The topological polar surface area (TPSA) is 72.7 Å². The van der Waals surface area contributed by atoms with Gasteiger partial charge in [-0.05, 0) is 20.9 Å². The molecule has 4 atom stereocenters. The molecule has 4 nitrogen and oxygen atoms in total. The number of hydrogen-bond donors (Lipinski definition) is 4. The van der Waals surface area contributed by atoms with Crippen LogP contribution in [-0.4, -0.2) is 46.7 Å². The molecule has 0 heterocycles. The molecule has 4 N–H and O–H groups in total. The maximum atomic E-state index is 9.28. The summed E-state index contributed by atoms with van der Waals surface area (Å²) in [6, 6.07) is -0.223. The highest BCUT2D eigenvalue weighted by Gasteiger charge is 2.25. The monoisotopic (exact) mass is 163 g/mol. The van der Waals surface area contributed by atoms with Crippen molar-refractivity contribution in [3.05, 3.63) is 0 Å². The van der Waals surface area contributed by atoms with Gasteiger partial charge in [-0.1, -0.05) is 0 Å². The van der Waals surface area contributed by atoms with Crippen LogP contribution in [-0.2, 0) is 0 Å². The molecule has 0 fully saturated rings. The van der Waals surface area contributed by atoms with Gasteiger partial charge in [0.2, 0.25) is 0 Å². The lowest BCUT2D eigenvalue weighted by Gasteiger charge is -2.25. The second-order valence-electron chi connectivity index (χ2n) is 2.80. The van der Waals surface area contributed by atoms with Crippen LogP contribution in [0.5, 0.6) is 0 Å². The summed E-state index contributed by atoms with van der Waals surface area (Å²) in [5.74, 6) is 0. The van der Waals surface area contributed by atoms with Gasteiger partial charge in [0.15, 0.2) is 0 Å². The lowest BCUT2D eigenvalue weighted by Crippen LogP contribution is -2.47. The summed E-state index contributed by atoms with van der Waals surface area (Å²) in [4.78, 5) is 0. The maximum absolute atomic E-state index is 9.28. The van der Waals surface area contributed by atoms with E-state index in [-0.39, 0.29) is 6.04 Å². The number of aliphatic hydroxyl groups excluding tert-OH is 3. The van der Waals surface area contributed by atoms with Crippen LogP contribution in [0.4, 0.5) is 0 Å². The average molecular weight is 163 g/mol. The molecule has 0 aromatic rings. The minimum Gasteiger partial charge on any atom is -0.391 e. The Morgan fingerprint density at radius 3 is 1.73 bits per heavy atom. The van der Waals surface area contributed by atoms with Crippen molar-refractivity contribution in [2.75, 3.05) is 7.05 Å². The zero-order chi connectivity index (χ0) is 9.02. The third-order valence-corrected chi connectivity index (χ3v) is 1.81. The van der Waals surface area contributed by atoms with Crippen molar-refractivity contribution in [2.45, 2.75) is 38.2 Å². The van der Waals surface area contributed by atoms with Gasteiger partial charge in [-0.2, -0.15) is 0 Å². The smallest absolute Gasteiger partial charge is 0.107 e. The molecule has 0 radical (unpaired) electrons. The van der Waals surface area contributed by atoms with Gasteiger partial charge < -0.3 is 20.6 Å². The zero-order valence-corrected chi connectivity index (χ0v) is 7.15. The van der Waals surface area contributed by atoms with Gasteiger partial charge in [-0.3, -0.25) is 0 Å². The quantitative estimate of drug-likeness (QED) is 0.415. The van der Waals surface area contributed by atoms with E-state index in [2.05, 4.69) is 5.32 Å². The summed E-state index contributed by atoms with van der Waals surface area (Å²) >= 11 is 0. The molecule has 0 spiro atoms. The van der Waals surface area contributed by atoms with Gasteiger partial charge in [-0.15, -0.1) is 0 Å². The van der Waals surface area contributed by atoms with Crippen LogP contribution in [0.25, 0.3) is 0 Å². The van der Waals surface area contributed by atoms with Crippen molar-refractivity contribution >= 4 is 0 Å². The first kappa shape index (κ1) is 10.8. The van der Waals surface area contributed by atoms with E-state index >= 15 is 0 Å². The summed E-state index contributed by atoms with van der Waals surface area (Å²) in [6.45, 7) is 3.17. The molecular weight excluding hydrogens is 146 g/mol. The predicted molar refractivity (Wildman–Crippen MR) is 42.2 cm³/mol. The van der Waals surface area contributed by atoms with Gasteiger partial charge >= 0.3 is 0 Å². The summed E-state index contributed by atoms with van der Waals surface area (Å²) < 4.78 is 0. The normalized spacial score (nSPS) is 22.4. The summed E-state index contributed by atoms with van der Waals surface area (Å²) in [6.07, 6.45) is -2.92. The average Bonchev–Trinajstić information content (AvgIpc) is 2.00. The van der Waals surface area contributed by atoms with Crippen LogP contribution < -0.4 is 5.32 Å². The maximum Gasteiger partial charge on any atom is 0.107 e. The number of aliphatic hydroxyl groups is 3. The van der Waals surface area contributed by atoms with Crippen molar-refractivity contribution in [3.63, 3.8) is 0 Å². The summed E-state index contributed by atoms with van der Waals surface area (Å²) in [5.41, 5.74) is 0. The van der Waals surface area contributed by atoms with Crippen LogP contribution in [0.2, 0.25) is 0 Å². The molecular formula is C7H17NO3. The molecule has 0 aromatic heterocycles. The molecule has 0 bridgehead atoms.